The molecule has 0 heterocycles. The molecule has 0 aromatic rings. The van der Waals surface area contributed by atoms with Crippen LogP contribution in [0.2, 0.25) is 0 Å². The van der Waals surface area contributed by atoms with Crippen molar-refractivity contribution < 1.29 is 9.36 Å². The van der Waals surface area contributed by atoms with E-state index in [0.717, 1.165) is 12.8 Å². The molecule has 0 radical (unpaired) electrons. The molecule has 1 rings (SSSR count). The van der Waals surface area contributed by atoms with Crippen LogP contribution in [-0.4, -0.2) is 30.9 Å². The van der Waals surface area contributed by atoms with Gasteiger partial charge in [-0.1, -0.05) is 12.8 Å². The third kappa shape index (κ3) is 3.81. The lowest BCUT2D eigenvalue weighted by atomic mass is 10.1. The lowest BCUT2D eigenvalue weighted by Crippen LogP contribution is -2.39. The molecular formula is C10H19ClNO2P. The Bertz CT molecular complexity index is 271. The van der Waals surface area contributed by atoms with Gasteiger partial charge in [0.2, 0.25) is 5.91 Å². The molecule has 3 nitrogen and oxygen atoms in total. The fourth-order valence-electron chi connectivity index (χ4n) is 2.26. The molecule has 1 amide bonds. The fraction of sp³-hybridized carbons (Fsp3) is 0.900. The summed E-state index contributed by atoms with van der Waals surface area (Å²) in [5.74, 6) is -0.0646. The topological polar surface area (TPSA) is 46.2 Å². The SMILES string of the molecule is CP(C)(=O)[C@@H](NC(=O)CCl)C1CCCC1. The van der Waals surface area contributed by atoms with Gasteiger partial charge < -0.3 is 9.88 Å². The van der Waals surface area contributed by atoms with E-state index in [-0.39, 0.29) is 17.6 Å². The molecule has 1 saturated carbocycles. The van der Waals surface area contributed by atoms with Crippen LogP contribution >= 0.6 is 18.7 Å². The highest BCUT2D eigenvalue weighted by Crippen LogP contribution is 2.48. The van der Waals surface area contributed by atoms with Crippen molar-refractivity contribution in [3.05, 3.63) is 0 Å². The van der Waals surface area contributed by atoms with Gasteiger partial charge in [-0.05, 0) is 32.1 Å². The van der Waals surface area contributed by atoms with Crippen LogP contribution in [0.1, 0.15) is 25.7 Å². The lowest BCUT2D eigenvalue weighted by Gasteiger charge is -2.28. The van der Waals surface area contributed by atoms with Crippen molar-refractivity contribution in [2.45, 2.75) is 31.5 Å². The number of carbonyl (C=O) groups is 1. The Hall–Kier alpha value is -0.0100. The van der Waals surface area contributed by atoms with Crippen molar-refractivity contribution in [2.75, 3.05) is 19.2 Å². The van der Waals surface area contributed by atoms with Gasteiger partial charge in [-0.3, -0.25) is 4.79 Å². The second kappa shape index (κ2) is 5.36. The molecule has 15 heavy (non-hydrogen) atoms. The van der Waals surface area contributed by atoms with Gasteiger partial charge in [0.15, 0.2) is 0 Å². The Morgan fingerprint density at radius 3 is 2.40 bits per heavy atom. The summed E-state index contributed by atoms with van der Waals surface area (Å²) in [5, 5.41) is 2.81. The third-order valence-electron chi connectivity index (χ3n) is 2.95. The van der Waals surface area contributed by atoms with E-state index in [2.05, 4.69) is 5.32 Å². The molecule has 0 bridgehead atoms. The Labute approximate surface area is 96.3 Å². The number of alkyl halides is 1. The number of nitrogens with one attached hydrogen (secondary N) is 1. The van der Waals surface area contributed by atoms with Gasteiger partial charge in [0.1, 0.15) is 13.0 Å². The first-order valence-corrected chi connectivity index (χ1v) is 8.55. The van der Waals surface area contributed by atoms with Crippen LogP contribution in [0, 0.1) is 5.92 Å². The van der Waals surface area contributed by atoms with Crippen LogP contribution in [0.25, 0.3) is 0 Å². The van der Waals surface area contributed by atoms with Crippen LogP contribution in [-0.2, 0) is 9.36 Å². The van der Waals surface area contributed by atoms with Gasteiger partial charge in [-0.15, -0.1) is 11.6 Å². The lowest BCUT2D eigenvalue weighted by molar-refractivity contribution is -0.119. The molecule has 1 aliphatic carbocycles. The summed E-state index contributed by atoms with van der Waals surface area (Å²) in [5.41, 5.74) is 0. The van der Waals surface area contributed by atoms with Gasteiger partial charge in [0.25, 0.3) is 0 Å². The number of carbonyl (C=O) groups excluding carboxylic acids is 1. The maximum atomic E-state index is 12.1. The minimum Gasteiger partial charge on any atom is -0.345 e. The summed E-state index contributed by atoms with van der Waals surface area (Å²) in [6.07, 6.45) is 4.49. The number of rotatable bonds is 4. The molecule has 0 unspecified atom stereocenters. The first kappa shape index (κ1) is 13.1. The van der Waals surface area contributed by atoms with E-state index in [1.165, 1.54) is 12.8 Å². The highest BCUT2D eigenvalue weighted by Gasteiger charge is 2.34. The maximum absolute atomic E-state index is 12.1. The summed E-state index contributed by atoms with van der Waals surface area (Å²) in [6.45, 7) is 3.48. The number of halogens is 1. The zero-order valence-electron chi connectivity index (χ0n) is 9.33. The minimum absolute atomic E-state index is 0.0524. The summed E-state index contributed by atoms with van der Waals surface area (Å²) >= 11 is 5.45. The molecule has 0 aromatic carbocycles. The molecule has 0 spiro atoms. The minimum atomic E-state index is -2.28. The highest BCUT2D eigenvalue weighted by molar-refractivity contribution is 7.63. The van der Waals surface area contributed by atoms with Crippen molar-refractivity contribution in [1.29, 1.82) is 0 Å². The number of hydrogen-bond donors (Lipinski definition) is 1. The molecule has 88 valence electrons. The molecule has 1 atom stereocenters. The number of amides is 1. The van der Waals surface area contributed by atoms with Crippen LogP contribution < -0.4 is 5.32 Å². The second-order valence-electron chi connectivity index (χ2n) is 4.62. The van der Waals surface area contributed by atoms with E-state index in [9.17, 15) is 9.36 Å². The Balaban J connectivity index is 2.69. The fourth-order valence-corrected chi connectivity index (χ4v) is 4.10. The zero-order chi connectivity index (χ0) is 11.5. The Morgan fingerprint density at radius 2 is 2.00 bits per heavy atom. The van der Waals surface area contributed by atoms with Crippen molar-refractivity contribution in [3.8, 4) is 0 Å². The maximum Gasteiger partial charge on any atom is 0.235 e. The Kier molecular flexibility index (Phi) is 4.66. The molecule has 1 fully saturated rings. The molecule has 1 aliphatic rings. The van der Waals surface area contributed by atoms with Gasteiger partial charge in [-0.25, -0.2) is 0 Å². The smallest absolute Gasteiger partial charge is 0.235 e. The van der Waals surface area contributed by atoms with Gasteiger partial charge in [0.05, 0.1) is 5.78 Å². The van der Waals surface area contributed by atoms with Crippen LogP contribution in [0.3, 0.4) is 0 Å². The van der Waals surface area contributed by atoms with E-state index in [0.29, 0.717) is 5.92 Å². The number of hydrogen-bond acceptors (Lipinski definition) is 2. The largest absolute Gasteiger partial charge is 0.345 e. The van der Waals surface area contributed by atoms with Crippen LogP contribution in [0.15, 0.2) is 0 Å². The van der Waals surface area contributed by atoms with Crippen molar-refractivity contribution in [1.82, 2.24) is 5.32 Å². The first-order valence-electron chi connectivity index (χ1n) is 5.35. The highest BCUT2D eigenvalue weighted by atomic mass is 35.5. The van der Waals surface area contributed by atoms with Crippen molar-refractivity contribution in [3.63, 3.8) is 0 Å². The molecule has 0 saturated heterocycles. The van der Waals surface area contributed by atoms with E-state index in [1.807, 2.05) is 0 Å². The second-order valence-corrected chi connectivity index (χ2v) is 8.32. The molecular weight excluding hydrogens is 233 g/mol. The van der Waals surface area contributed by atoms with E-state index in [1.54, 1.807) is 13.3 Å². The molecule has 0 aromatic heterocycles. The van der Waals surface area contributed by atoms with E-state index < -0.39 is 7.14 Å². The van der Waals surface area contributed by atoms with E-state index in [4.69, 9.17) is 11.6 Å². The monoisotopic (exact) mass is 251 g/mol. The summed E-state index contributed by atoms with van der Waals surface area (Å²) in [4.78, 5) is 11.3. The van der Waals surface area contributed by atoms with Crippen molar-refractivity contribution in [2.24, 2.45) is 5.92 Å². The van der Waals surface area contributed by atoms with Gasteiger partial charge >= 0.3 is 0 Å². The van der Waals surface area contributed by atoms with Gasteiger partial charge in [-0.2, -0.15) is 0 Å². The normalized spacial score (nSPS) is 20.2. The molecule has 0 aliphatic heterocycles. The average molecular weight is 252 g/mol. The predicted molar refractivity (Wildman–Crippen MR) is 64.1 cm³/mol. The summed E-state index contributed by atoms with van der Waals surface area (Å²) in [6, 6.07) is 0. The summed E-state index contributed by atoms with van der Waals surface area (Å²) < 4.78 is 12.1. The van der Waals surface area contributed by atoms with Crippen molar-refractivity contribution >= 4 is 24.7 Å². The third-order valence-corrected chi connectivity index (χ3v) is 5.08. The van der Waals surface area contributed by atoms with E-state index >= 15 is 0 Å². The molecule has 5 heteroatoms. The zero-order valence-corrected chi connectivity index (χ0v) is 11.0. The summed E-state index contributed by atoms with van der Waals surface area (Å²) in [7, 11) is -2.28. The standard InChI is InChI=1S/C10H19ClNO2P/c1-15(2,14)10(12-9(13)7-11)8-5-3-4-6-8/h8,10H,3-7H2,1-2H3,(H,12,13)/t10-/m1/s1. The van der Waals surface area contributed by atoms with Crippen LogP contribution in [0.5, 0.6) is 0 Å². The van der Waals surface area contributed by atoms with Crippen LogP contribution in [0.4, 0.5) is 0 Å². The molecule has 1 N–H and O–H groups in total. The average Bonchev–Trinajstić information content (AvgIpc) is 2.64. The Morgan fingerprint density at radius 1 is 1.47 bits per heavy atom. The quantitative estimate of drug-likeness (QED) is 0.616. The first-order chi connectivity index (χ1) is 6.95. The predicted octanol–water partition coefficient (Wildman–Crippen LogP) is 2.48. The van der Waals surface area contributed by atoms with Gasteiger partial charge in [0, 0.05) is 0 Å².